The zero-order valence-electron chi connectivity index (χ0n) is 5.77. The van der Waals surface area contributed by atoms with Crippen molar-refractivity contribution in [3.63, 3.8) is 0 Å². The molecule has 0 unspecified atom stereocenters. The average molecular weight is 200 g/mol. The Balaban J connectivity index is 2.64. The van der Waals surface area contributed by atoms with Crippen LogP contribution in [0.2, 0.25) is 0 Å². The summed E-state index contributed by atoms with van der Waals surface area (Å²) >= 11 is 8.98. The van der Waals surface area contributed by atoms with Crippen LogP contribution in [0.1, 0.15) is 5.56 Å². The molecule has 1 aromatic rings. The normalized spacial score (nSPS) is 21.3. The van der Waals surface area contributed by atoms with Crippen LogP contribution in [0.25, 0.3) is 6.08 Å². The van der Waals surface area contributed by atoms with Crippen LogP contribution in [0.4, 0.5) is 0 Å². The molecule has 1 aromatic carbocycles. The van der Waals surface area contributed by atoms with E-state index >= 15 is 0 Å². The molecule has 0 N–H and O–H groups in total. The van der Waals surface area contributed by atoms with Gasteiger partial charge in [0, 0.05) is 4.90 Å². The molecule has 11 heavy (non-hydrogen) atoms. The van der Waals surface area contributed by atoms with E-state index in [-0.39, 0.29) is 0 Å². The predicted octanol–water partition coefficient (Wildman–Crippen LogP) is 3.52. The zero-order valence-corrected chi connectivity index (χ0v) is 8.37. The molecule has 0 fully saturated rings. The molecule has 0 aliphatic carbocycles. The largest absolute Gasteiger partial charge is 0.113 e. The summed E-state index contributed by atoms with van der Waals surface area (Å²) in [6, 6.07) is 8.24. The number of fused-ring (bicyclic) bond motifs is 1. The van der Waals surface area contributed by atoms with E-state index in [1.54, 1.807) is 0 Å². The monoisotopic (exact) mass is 200 g/mol. The molecule has 0 amide bonds. The standard InChI is InChI=1S/C8H8S3/c9-11(10)6-5-7-3-1-2-4-8(7)11/h1-6,9-10H. The van der Waals surface area contributed by atoms with Crippen molar-refractivity contribution in [1.29, 1.82) is 0 Å². The lowest BCUT2D eigenvalue weighted by Gasteiger charge is -2.20. The molecule has 1 aliphatic heterocycles. The van der Waals surface area contributed by atoms with Gasteiger partial charge in [-0.1, -0.05) is 18.2 Å². The Labute approximate surface area is 77.6 Å². The molecule has 0 radical (unpaired) electrons. The second-order valence-electron chi connectivity index (χ2n) is 2.43. The summed E-state index contributed by atoms with van der Waals surface area (Å²) in [5.74, 6) is 0. The van der Waals surface area contributed by atoms with Crippen LogP contribution in [0.3, 0.4) is 0 Å². The second kappa shape index (κ2) is 2.51. The maximum atomic E-state index is 4.49. The van der Waals surface area contributed by atoms with Gasteiger partial charge in [0.05, 0.1) is 0 Å². The molecular formula is C8H8S3. The fraction of sp³-hybridized carbons (Fsp3) is 0. The summed E-state index contributed by atoms with van der Waals surface area (Å²) in [6.07, 6.45) is 2.09. The number of hydrogen-bond donors (Lipinski definition) is 2. The first kappa shape index (κ1) is 7.65. The summed E-state index contributed by atoms with van der Waals surface area (Å²) in [5, 5.41) is 2.07. The maximum absolute atomic E-state index is 4.49. The third kappa shape index (κ3) is 1.21. The third-order valence-electron chi connectivity index (χ3n) is 1.68. The van der Waals surface area contributed by atoms with Gasteiger partial charge < -0.3 is 0 Å². The Morgan fingerprint density at radius 3 is 2.55 bits per heavy atom. The van der Waals surface area contributed by atoms with Crippen LogP contribution in [0, 0.1) is 0 Å². The van der Waals surface area contributed by atoms with Crippen LogP contribution < -0.4 is 0 Å². The second-order valence-corrected chi connectivity index (χ2v) is 8.65. The fourth-order valence-electron chi connectivity index (χ4n) is 1.13. The van der Waals surface area contributed by atoms with E-state index < -0.39 is 8.09 Å². The number of hydrogen-bond acceptors (Lipinski definition) is 2. The van der Waals surface area contributed by atoms with Crippen molar-refractivity contribution in [2.45, 2.75) is 4.90 Å². The van der Waals surface area contributed by atoms with E-state index in [9.17, 15) is 0 Å². The van der Waals surface area contributed by atoms with Crippen LogP contribution in [-0.4, -0.2) is 0 Å². The summed E-state index contributed by atoms with van der Waals surface area (Å²) in [5.41, 5.74) is 1.26. The van der Waals surface area contributed by atoms with Crippen molar-refractivity contribution in [2.24, 2.45) is 0 Å². The van der Waals surface area contributed by atoms with E-state index in [0.717, 1.165) is 0 Å². The van der Waals surface area contributed by atoms with E-state index in [1.807, 2.05) is 12.1 Å². The van der Waals surface area contributed by atoms with Gasteiger partial charge in [0.1, 0.15) is 0 Å². The Morgan fingerprint density at radius 2 is 1.82 bits per heavy atom. The molecule has 0 nitrogen and oxygen atoms in total. The van der Waals surface area contributed by atoms with Gasteiger partial charge in [-0.3, -0.25) is 0 Å². The van der Waals surface area contributed by atoms with Crippen molar-refractivity contribution in [1.82, 2.24) is 0 Å². The molecule has 0 spiro atoms. The lowest BCUT2D eigenvalue weighted by molar-refractivity contribution is 1.44. The summed E-state index contributed by atoms with van der Waals surface area (Å²) in [4.78, 5) is 1.26. The summed E-state index contributed by atoms with van der Waals surface area (Å²) in [7, 11) is -1.20. The van der Waals surface area contributed by atoms with Crippen LogP contribution >= 0.6 is 31.4 Å². The Morgan fingerprint density at radius 1 is 1.09 bits per heavy atom. The van der Waals surface area contributed by atoms with Gasteiger partial charge in [-0.15, -0.1) is 31.4 Å². The van der Waals surface area contributed by atoms with Crippen molar-refractivity contribution >= 4 is 37.5 Å². The third-order valence-corrected chi connectivity index (χ3v) is 5.13. The minimum Gasteiger partial charge on any atom is -0.113 e. The number of thiol groups is 2. The molecule has 3 heteroatoms. The zero-order chi connectivity index (χ0) is 7.90. The highest BCUT2D eigenvalue weighted by Gasteiger charge is 2.20. The van der Waals surface area contributed by atoms with Gasteiger partial charge in [-0.2, -0.15) is 0 Å². The SMILES string of the molecule is SS1(S)C=Cc2ccccc21. The topological polar surface area (TPSA) is 0 Å². The molecule has 58 valence electrons. The molecule has 2 rings (SSSR count). The Bertz CT molecular complexity index is 315. The van der Waals surface area contributed by atoms with Crippen LogP contribution in [0.5, 0.6) is 0 Å². The molecule has 0 bridgehead atoms. The fourth-order valence-corrected chi connectivity index (χ4v) is 3.74. The maximum Gasteiger partial charge on any atom is 0.0187 e. The van der Waals surface area contributed by atoms with Crippen molar-refractivity contribution < 1.29 is 0 Å². The molecule has 0 atom stereocenters. The smallest absolute Gasteiger partial charge is 0.0187 e. The molecule has 0 aromatic heterocycles. The molecule has 0 saturated carbocycles. The predicted molar refractivity (Wildman–Crippen MR) is 59.3 cm³/mol. The van der Waals surface area contributed by atoms with Gasteiger partial charge in [0.2, 0.25) is 0 Å². The van der Waals surface area contributed by atoms with Crippen molar-refractivity contribution in [3.8, 4) is 0 Å². The number of benzene rings is 1. The minimum absolute atomic E-state index is 1.20. The minimum atomic E-state index is -1.20. The van der Waals surface area contributed by atoms with Gasteiger partial charge >= 0.3 is 0 Å². The quantitative estimate of drug-likeness (QED) is 0.464. The highest BCUT2D eigenvalue weighted by Crippen LogP contribution is 2.69. The Hall–Kier alpha value is 0.01000. The molecule has 1 heterocycles. The molecule has 1 aliphatic rings. The van der Waals surface area contributed by atoms with E-state index in [1.165, 1.54) is 10.5 Å². The van der Waals surface area contributed by atoms with Gasteiger partial charge in [0.15, 0.2) is 0 Å². The first-order valence-electron chi connectivity index (χ1n) is 3.25. The van der Waals surface area contributed by atoms with E-state index in [0.29, 0.717) is 0 Å². The van der Waals surface area contributed by atoms with Gasteiger partial charge in [0.25, 0.3) is 0 Å². The van der Waals surface area contributed by atoms with Crippen molar-refractivity contribution in [3.05, 3.63) is 35.2 Å². The van der Waals surface area contributed by atoms with Crippen molar-refractivity contribution in [2.75, 3.05) is 0 Å². The van der Waals surface area contributed by atoms with E-state index in [2.05, 4.69) is 46.9 Å². The van der Waals surface area contributed by atoms with E-state index in [4.69, 9.17) is 0 Å². The number of rotatable bonds is 0. The lowest BCUT2D eigenvalue weighted by atomic mass is 10.2. The average Bonchev–Trinajstić information content (AvgIpc) is 2.29. The summed E-state index contributed by atoms with van der Waals surface area (Å²) < 4.78 is 0. The lowest BCUT2D eigenvalue weighted by Crippen LogP contribution is -1.77. The van der Waals surface area contributed by atoms with Gasteiger partial charge in [-0.05, 0) is 23.1 Å². The first-order valence-corrected chi connectivity index (χ1v) is 7.06. The van der Waals surface area contributed by atoms with Crippen LogP contribution in [-0.2, 0) is 0 Å². The Kier molecular flexibility index (Phi) is 1.74. The molecular weight excluding hydrogens is 192 g/mol. The van der Waals surface area contributed by atoms with Gasteiger partial charge in [-0.25, -0.2) is 0 Å². The highest BCUT2D eigenvalue weighted by molar-refractivity contribution is 9.19. The highest BCUT2D eigenvalue weighted by atomic mass is 33.5. The first-order chi connectivity index (χ1) is 5.20. The summed E-state index contributed by atoms with van der Waals surface area (Å²) in [6.45, 7) is 0. The van der Waals surface area contributed by atoms with Crippen LogP contribution in [0.15, 0.2) is 34.6 Å². The molecule has 0 saturated heterocycles.